The molecule has 0 aromatic rings. The molecule has 0 aliphatic carbocycles. The Morgan fingerprint density at radius 1 is 1.24 bits per heavy atom. The molecule has 1 spiro atoms. The molecule has 0 aromatic carbocycles. The summed E-state index contributed by atoms with van der Waals surface area (Å²) in [5, 5.41) is 13.3. The summed E-state index contributed by atoms with van der Waals surface area (Å²) in [4.78, 5) is 57.8. The topological polar surface area (TPSA) is 125 Å². The van der Waals surface area contributed by atoms with Gasteiger partial charge in [-0.15, -0.1) is 13.2 Å². The molecule has 3 aliphatic rings. The van der Waals surface area contributed by atoms with E-state index in [1.165, 1.54) is 0 Å². The van der Waals surface area contributed by atoms with Gasteiger partial charge in [-0.3, -0.25) is 19.2 Å². The number of amides is 3. The molecule has 0 aromatic heterocycles. The fourth-order valence-electron chi connectivity index (χ4n) is 7.06. The standard InChI is InChI=1S/C32H51N3O7/c1-8-12-14-25(37)33-18-22(7)41-31(40)26-24-15-16-32(42-24)27(26)29(38)35(23(19-36)20(5)11-4)28(32)30(39)34(17-10-3)21(6)13-9-2/h8,10,20-24,26-28,36H,1,3,9,11-19H2,2,4-7H3,(H,33,37)/t20-,21?,22+,23-,24+,26-,27-,28+,32-/m0/s1. The minimum Gasteiger partial charge on any atom is -0.460 e. The number of nitrogens with one attached hydrogen (secondary N) is 1. The Kier molecular flexibility index (Phi) is 11.8. The molecule has 3 heterocycles. The van der Waals surface area contributed by atoms with Gasteiger partial charge in [0.15, 0.2) is 0 Å². The van der Waals surface area contributed by atoms with Crippen molar-refractivity contribution in [2.75, 3.05) is 19.7 Å². The smallest absolute Gasteiger partial charge is 0.312 e. The first kappa shape index (κ1) is 33.8. The van der Waals surface area contributed by atoms with Gasteiger partial charge in [-0.25, -0.2) is 0 Å². The van der Waals surface area contributed by atoms with Crippen LogP contribution in [0.2, 0.25) is 0 Å². The summed E-state index contributed by atoms with van der Waals surface area (Å²) in [7, 11) is 0. The van der Waals surface area contributed by atoms with Gasteiger partial charge in [0, 0.05) is 19.0 Å². The number of aliphatic hydroxyl groups is 1. The number of carbonyl (C=O) groups is 4. The van der Waals surface area contributed by atoms with Gasteiger partial charge in [0.1, 0.15) is 17.7 Å². The predicted octanol–water partition coefficient (Wildman–Crippen LogP) is 2.99. The average molecular weight is 590 g/mol. The van der Waals surface area contributed by atoms with Gasteiger partial charge in [-0.2, -0.15) is 0 Å². The first-order valence-electron chi connectivity index (χ1n) is 15.6. The number of allylic oxidation sites excluding steroid dienone is 1. The van der Waals surface area contributed by atoms with Crippen molar-refractivity contribution >= 4 is 23.7 Å². The molecule has 0 radical (unpaired) electrons. The average Bonchev–Trinajstić information content (AvgIpc) is 3.61. The van der Waals surface area contributed by atoms with E-state index in [9.17, 15) is 24.3 Å². The van der Waals surface area contributed by atoms with E-state index in [2.05, 4.69) is 25.4 Å². The fraction of sp³-hybridized carbons (Fsp3) is 0.750. The molecule has 1 unspecified atom stereocenters. The van der Waals surface area contributed by atoms with Crippen LogP contribution in [0.5, 0.6) is 0 Å². The number of esters is 1. The van der Waals surface area contributed by atoms with Crippen LogP contribution in [0, 0.1) is 17.8 Å². The second-order valence-electron chi connectivity index (χ2n) is 12.2. The molecule has 10 nitrogen and oxygen atoms in total. The molecule has 0 saturated carbocycles. The number of hydrogen-bond acceptors (Lipinski definition) is 7. The lowest BCUT2D eigenvalue weighted by Crippen LogP contribution is -2.60. The first-order chi connectivity index (χ1) is 20.0. The molecule has 42 heavy (non-hydrogen) atoms. The van der Waals surface area contributed by atoms with Gasteiger partial charge >= 0.3 is 5.97 Å². The molecule has 2 bridgehead atoms. The van der Waals surface area contributed by atoms with Crippen LogP contribution in [-0.4, -0.2) is 94.2 Å². The van der Waals surface area contributed by atoms with Crippen LogP contribution in [0.4, 0.5) is 0 Å². The lowest BCUT2D eigenvalue weighted by molar-refractivity contribution is -0.160. The molecule has 3 rings (SSSR count). The van der Waals surface area contributed by atoms with E-state index in [4.69, 9.17) is 9.47 Å². The highest BCUT2D eigenvalue weighted by Gasteiger charge is 2.76. The van der Waals surface area contributed by atoms with Crippen LogP contribution < -0.4 is 5.32 Å². The highest BCUT2D eigenvalue weighted by molar-refractivity contribution is 5.98. The molecule has 3 aliphatic heterocycles. The molecular weight excluding hydrogens is 538 g/mol. The van der Waals surface area contributed by atoms with Crippen molar-refractivity contribution in [3.63, 3.8) is 0 Å². The number of hydrogen-bond donors (Lipinski definition) is 2. The number of rotatable bonds is 17. The van der Waals surface area contributed by atoms with Crippen LogP contribution in [0.25, 0.3) is 0 Å². The summed E-state index contributed by atoms with van der Waals surface area (Å²) in [5.41, 5.74) is -1.18. The van der Waals surface area contributed by atoms with Crippen molar-refractivity contribution in [1.29, 1.82) is 0 Å². The normalized spacial score (nSPS) is 28.9. The Morgan fingerprint density at radius 2 is 1.95 bits per heavy atom. The van der Waals surface area contributed by atoms with Crippen molar-refractivity contribution in [1.82, 2.24) is 15.1 Å². The monoisotopic (exact) mass is 589 g/mol. The molecule has 2 N–H and O–H groups in total. The quantitative estimate of drug-likeness (QED) is 0.197. The summed E-state index contributed by atoms with van der Waals surface area (Å²) >= 11 is 0. The van der Waals surface area contributed by atoms with Crippen molar-refractivity contribution in [3.8, 4) is 0 Å². The van der Waals surface area contributed by atoms with E-state index < -0.39 is 47.7 Å². The zero-order chi connectivity index (χ0) is 31.2. The van der Waals surface area contributed by atoms with Gasteiger partial charge < -0.3 is 29.7 Å². The van der Waals surface area contributed by atoms with Crippen LogP contribution in [0.1, 0.15) is 79.6 Å². The van der Waals surface area contributed by atoms with Gasteiger partial charge in [0.05, 0.1) is 37.1 Å². The molecule has 3 fully saturated rings. The van der Waals surface area contributed by atoms with Crippen LogP contribution in [-0.2, 0) is 28.7 Å². The van der Waals surface area contributed by atoms with Gasteiger partial charge in [0.25, 0.3) is 0 Å². The number of carbonyl (C=O) groups excluding carboxylic acids is 4. The molecule has 9 atom stereocenters. The van der Waals surface area contributed by atoms with Crippen molar-refractivity contribution in [2.45, 2.75) is 115 Å². The highest BCUT2D eigenvalue weighted by atomic mass is 16.6. The lowest BCUT2D eigenvalue weighted by Gasteiger charge is -2.42. The lowest BCUT2D eigenvalue weighted by atomic mass is 9.70. The predicted molar refractivity (Wildman–Crippen MR) is 159 cm³/mol. The summed E-state index contributed by atoms with van der Waals surface area (Å²) in [6, 6.07) is -1.66. The highest BCUT2D eigenvalue weighted by Crippen LogP contribution is 2.59. The Labute approximate surface area is 250 Å². The van der Waals surface area contributed by atoms with Crippen molar-refractivity contribution in [2.24, 2.45) is 17.8 Å². The Bertz CT molecular complexity index is 1020. The zero-order valence-corrected chi connectivity index (χ0v) is 26.0. The molecule has 3 amide bonds. The number of fused-ring (bicyclic) bond motifs is 1. The molecular formula is C32H51N3O7. The Balaban J connectivity index is 1.94. The number of aliphatic hydroxyl groups excluding tert-OH is 1. The maximum absolute atomic E-state index is 14.5. The third-order valence-corrected chi connectivity index (χ3v) is 9.42. The van der Waals surface area contributed by atoms with Gasteiger partial charge in [0.2, 0.25) is 17.7 Å². The number of likely N-dealkylation sites (tertiary alicyclic amines) is 1. The summed E-state index contributed by atoms with van der Waals surface area (Å²) in [6.07, 6.45) is 6.38. The van der Waals surface area contributed by atoms with Crippen molar-refractivity contribution < 1.29 is 33.8 Å². The molecule has 10 heteroatoms. The maximum atomic E-state index is 14.5. The third kappa shape index (κ3) is 6.44. The first-order valence-corrected chi connectivity index (χ1v) is 15.6. The zero-order valence-electron chi connectivity index (χ0n) is 26.0. The SMILES string of the molecule is C=CCCC(=O)NC[C@@H](C)OC(=O)[C@@H]1[C@H]2C(=O)N([C@@H](CO)[C@@H](C)CC)[C@H](C(=O)N(CC=C)C(C)CCC)[C@]23CC[C@H]1O3. The number of nitrogens with zero attached hydrogens (tertiary/aromatic N) is 2. The minimum atomic E-state index is -1.18. The van der Waals surface area contributed by atoms with E-state index in [0.717, 1.165) is 12.8 Å². The molecule has 236 valence electrons. The summed E-state index contributed by atoms with van der Waals surface area (Å²) in [6.45, 7) is 17.3. The summed E-state index contributed by atoms with van der Waals surface area (Å²) < 4.78 is 12.3. The summed E-state index contributed by atoms with van der Waals surface area (Å²) in [5.74, 6) is -3.16. The molecule has 3 saturated heterocycles. The second-order valence-corrected chi connectivity index (χ2v) is 12.2. The Morgan fingerprint density at radius 3 is 2.55 bits per heavy atom. The largest absolute Gasteiger partial charge is 0.460 e. The van der Waals surface area contributed by atoms with Crippen LogP contribution >= 0.6 is 0 Å². The Hall–Kier alpha value is -2.72. The van der Waals surface area contributed by atoms with E-state index in [1.807, 2.05) is 20.8 Å². The van der Waals surface area contributed by atoms with E-state index in [1.54, 1.807) is 28.9 Å². The van der Waals surface area contributed by atoms with E-state index >= 15 is 0 Å². The van der Waals surface area contributed by atoms with Gasteiger partial charge in [-0.1, -0.05) is 45.8 Å². The van der Waals surface area contributed by atoms with E-state index in [-0.39, 0.29) is 42.8 Å². The third-order valence-electron chi connectivity index (χ3n) is 9.42. The van der Waals surface area contributed by atoms with Crippen LogP contribution in [0.15, 0.2) is 25.3 Å². The maximum Gasteiger partial charge on any atom is 0.312 e. The van der Waals surface area contributed by atoms with Crippen LogP contribution in [0.3, 0.4) is 0 Å². The second kappa shape index (κ2) is 14.6. The minimum absolute atomic E-state index is 0.0854. The van der Waals surface area contributed by atoms with E-state index in [0.29, 0.717) is 38.6 Å². The van der Waals surface area contributed by atoms with Crippen molar-refractivity contribution in [3.05, 3.63) is 25.3 Å². The fourth-order valence-corrected chi connectivity index (χ4v) is 7.06. The van der Waals surface area contributed by atoms with Gasteiger partial charge in [-0.05, 0) is 45.4 Å². The number of ether oxygens (including phenoxy) is 2.